The van der Waals surface area contributed by atoms with Crippen molar-refractivity contribution in [2.45, 2.75) is 25.6 Å². The van der Waals surface area contributed by atoms with E-state index in [0.29, 0.717) is 12.4 Å². The van der Waals surface area contributed by atoms with Gasteiger partial charge in [0, 0.05) is 5.54 Å². The molecule has 3 heteroatoms. The zero-order valence-electron chi connectivity index (χ0n) is 7.31. The number of nitrogens with one attached hydrogen (secondary N) is 1. The highest BCUT2D eigenvalue weighted by molar-refractivity contribution is 4.99. The van der Waals surface area contributed by atoms with Crippen molar-refractivity contribution in [3.8, 4) is 0 Å². The lowest BCUT2D eigenvalue weighted by atomic mass is 10.1. The molecule has 0 saturated carbocycles. The largest absolute Gasteiger partial charge is 0.497 e. The molecular weight excluding hydrogens is 142 g/mol. The van der Waals surface area contributed by atoms with Crippen LogP contribution >= 0.6 is 0 Å². The van der Waals surface area contributed by atoms with Crippen molar-refractivity contribution in [3.63, 3.8) is 0 Å². The highest BCUT2D eigenvalue weighted by Gasteiger charge is 2.32. The fraction of sp³-hybridized carbons (Fsp3) is 0.750. The molecule has 1 atom stereocenters. The van der Waals surface area contributed by atoms with E-state index in [0.717, 1.165) is 0 Å². The molecule has 0 spiro atoms. The Morgan fingerprint density at radius 3 is 2.73 bits per heavy atom. The Labute approximate surface area is 67.4 Å². The Kier molecular flexibility index (Phi) is 2.20. The third-order valence-corrected chi connectivity index (χ3v) is 1.69. The highest BCUT2D eigenvalue weighted by Crippen LogP contribution is 2.17. The summed E-state index contributed by atoms with van der Waals surface area (Å²) in [6.45, 7) is 8.56. The quantitative estimate of drug-likeness (QED) is 0.603. The average Bonchev–Trinajstić information content (AvgIpc) is 2.29. The van der Waals surface area contributed by atoms with Gasteiger partial charge in [0.1, 0.15) is 5.76 Å². The van der Waals surface area contributed by atoms with Crippen molar-refractivity contribution in [1.82, 2.24) is 5.32 Å². The van der Waals surface area contributed by atoms with Crippen LogP contribution in [-0.4, -0.2) is 25.5 Å². The molecule has 0 amide bonds. The maximum Gasteiger partial charge on any atom is 0.166 e. The minimum absolute atomic E-state index is 0.0339. The lowest BCUT2D eigenvalue weighted by molar-refractivity contribution is 0.0777. The third-order valence-electron chi connectivity index (χ3n) is 1.69. The maximum atomic E-state index is 5.39. The highest BCUT2D eigenvalue weighted by atomic mass is 16.5. The molecule has 0 bridgehead atoms. The summed E-state index contributed by atoms with van der Waals surface area (Å²) >= 11 is 0. The van der Waals surface area contributed by atoms with Crippen LogP contribution in [0.2, 0.25) is 0 Å². The van der Waals surface area contributed by atoms with Gasteiger partial charge in [0.05, 0.1) is 13.7 Å². The molecule has 3 nitrogen and oxygen atoms in total. The molecule has 0 aromatic rings. The summed E-state index contributed by atoms with van der Waals surface area (Å²) in [6, 6.07) is 0. The maximum absolute atomic E-state index is 5.39. The van der Waals surface area contributed by atoms with Gasteiger partial charge in [0.25, 0.3) is 0 Å². The van der Waals surface area contributed by atoms with Gasteiger partial charge in [0.2, 0.25) is 0 Å². The molecule has 1 heterocycles. The summed E-state index contributed by atoms with van der Waals surface area (Å²) in [5.74, 6) is 0.635. The first kappa shape index (κ1) is 8.56. The smallest absolute Gasteiger partial charge is 0.166 e. The molecule has 64 valence electrons. The second kappa shape index (κ2) is 2.83. The molecule has 1 rings (SSSR count). The molecule has 1 saturated heterocycles. The first-order valence-electron chi connectivity index (χ1n) is 3.67. The van der Waals surface area contributed by atoms with Crippen molar-refractivity contribution in [2.75, 3.05) is 13.7 Å². The molecule has 1 aliphatic heterocycles. The standard InChI is InChI=1S/C8H15NO2/c1-6(10-4)7-9-8(2,3)5-11-7/h7,9H,1,5H2,2-4H3. The zero-order chi connectivity index (χ0) is 8.48. The van der Waals surface area contributed by atoms with Crippen molar-refractivity contribution in [1.29, 1.82) is 0 Å². The van der Waals surface area contributed by atoms with Crippen LogP contribution < -0.4 is 5.32 Å². The average molecular weight is 157 g/mol. The Bertz CT molecular complexity index is 165. The number of methoxy groups -OCH3 is 1. The number of ether oxygens (including phenoxy) is 2. The minimum Gasteiger partial charge on any atom is -0.497 e. The van der Waals surface area contributed by atoms with Gasteiger partial charge in [-0.25, -0.2) is 0 Å². The first-order chi connectivity index (χ1) is 5.05. The predicted octanol–water partition coefficient (Wildman–Crippen LogP) is 0.871. The van der Waals surface area contributed by atoms with Crippen LogP contribution in [0.4, 0.5) is 0 Å². The van der Waals surface area contributed by atoms with Gasteiger partial charge in [-0.2, -0.15) is 0 Å². The molecule has 1 fully saturated rings. The Morgan fingerprint density at radius 1 is 1.73 bits per heavy atom. The fourth-order valence-electron chi connectivity index (χ4n) is 1.01. The summed E-state index contributed by atoms with van der Waals surface area (Å²) in [5.41, 5.74) is 0.0339. The van der Waals surface area contributed by atoms with Crippen LogP contribution in [0.25, 0.3) is 0 Å². The van der Waals surface area contributed by atoms with Crippen LogP contribution in [-0.2, 0) is 9.47 Å². The van der Waals surface area contributed by atoms with E-state index in [2.05, 4.69) is 25.7 Å². The van der Waals surface area contributed by atoms with E-state index in [1.54, 1.807) is 7.11 Å². The molecular formula is C8H15NO2. The molecule has 1 N–H and O–H groups in total. The van der Waals surface area contributed by atoms with E-state index in [1.165, 1.54) is 0 Å². The Morgan fingerprint density at radius 2 is 2.36 bits per heavy atom. The van der Waals surface area contributed by atoms with Crippen molar-refractivity contribution < 1.29 is 9.47 Å². The first-order valence-corrected chi connectivity index (χ1v) is 3.67. The lowest BCUT2D eigenvalue weighted by Gasteiger charge is -2.17. The Hall–Kier alpha value is -0.540. The van der Waals surface area contributed by atoms with Gasteiger partial charge in [-0.05, 0) is 13.8 Å². The van der Waals surface area contributed by atoms with E-state index in [4.69, 9.17) is 9.47 Å². The van der Waals surface area contributed by atoms with Crippen LogP contribution in [0.3, 0.4) is 0 Å². The van der Waals surface area contributed by atoms with Crippen LogP contribution in [0.1, 0.15) is 13.8 Å². The van der Waals surface area contributed by atoms with Crippen LogP contribution in [0.5, 0.6) is 0 Å². The van der Waals surface area contributed by atoms with E-state index in [1.807, 2.05) is 0 Å². The predicted molar refractivity (Wildman–Crippen MR) is 43.1 cm³/mol. The molecule has 0 aromatic heterocycles. The van der Waals surface area contributed by atoms with E-state index < -0.39 is 0 Å². The summed E-state index contributed by atoms with van der Waals surface area (Å²) in [6.07, 6.45) is -0.144. The normalized spacial score (nSPS) is 28.5. The molecule has 1 aliphatic rings. The van der Waals surface area contributed by atoms with E-state index in [-0.39, 0.29) is 11.8 Å². The van der Waals surface area contributed by atoms with Crippen LogP contribution in [0.15, 0.2) is 12.3 Å². The lowest BCUT2D eigenvalue weighted by Crippen LogP contribution is -2.39. The molecule has 0 radical (unpaired) electrons. The summed E-state index contributed by atoms with van der Waals surface area (Å²) in [7, 11) is 1.60. The van der Waals surface area contributed by atoms with Gasteiger partial charge in [-0.1, -0.05) is 6.58 Å². The SMILES string of the molecule is C=C(OC)C1NC(C)(C)CO1. The Balaban J connectivity index is 2.48. The van der Waals surface area contributed by atoms with Gasteiger partial charge < -0.3 is 9.47 Å². The van der Waals surface area contributed by atoms with Gasteiger partial charge in [-0.3, -0.25) is 5.32 Å². The van der Waals surface area contributed by atoms with Crippen molar-refractivity contribution in [2.24, 2.45) is 0 Å². The molecule has 1 unspecified atom stereocenters. The summed E-state index contributed by atoms with van der Waals surface area (Å²) in [5, 5.41) is 3.23. The number of rotatable bonds is 2. The number of hydrogen-bond acceptors (Lipinski definition) is 3. The minimum atomic E-state index is -0.144. The second-order valence-electron chi connectivity index (χ2n) is 3.39. The molecule has 0 aliphatic carbocycles. The topological polar surface area (TPSA) is 30.5 Å². The summed E-state index contributed by atoms with van der Waals surface area (Å²) in [4.78, 5) is 0. The van der Waals surface area contributed by atoms with Gasteiger partial charge in [-0.15, -0.1) is 0 Å². The third kappa shape index (κ3) is 1.94. The molecule has 0 aromatic carbocycles. The van der Waals surface area contributed by atoms with Crippen molar-refractivity contribution >= 4 is 0 Å². The van der Waals surface area contributed by atoms with Crippen molar-refractivity contribution in [3.05, 3.63) is 12.3 Å². The molecule has 11 heavy (non-hydrogen) atoms. The second-order valence-corrected chi connectivity index (χ2v) is 3.39. The van der Waals surface area contributed by atoms with Gasteiger partial charge >= 0.3 is 0 Å². The fourth-order valence-corrected chi connectivity index (χ4v) is 1.01. The monoisotopic (exact) mass is 157 g/mol. The van der Waals surface area contributed by atoms with E-state index >= 15 is 0 Å². The van der Waals surface area contributed by atoms with E-state index in [9.17, 15) is 0 Å². The van der Waals surface area contributed by atoms with Gasteiger partial charge in [0.15, 0.2) is 6.23 Å². The summed E-state index contributed by atoms with van der Waals surface area (Å²) < 4.78 is 10.3. The van der Waals surface area contributed by atoms with Crippen LogP contribution in [0, 0.1) is 0 Å². The number of hydrogen-bond donors (Lipinski definition) is 1. The zero-order valence-corrected chi connectivity index (χ0v) is 7.31.